The highest BCUT2D eigenvalue weighted by molar-refractivity contribution is 6.32. The summed E-state index contributed by atoms with van der Waals surface area (Å²) in [7, 11) is 1.55. The number of nitrogens with two attached hydrogens (primary N) is 1. The molecule has 0 aromatic heterocycles. The Morgan fingerprint density at radius 1 is 1.42 bits per heavy atom. The van der Waals surface area contributed by atoms with Gasteiger partial charge in [0.2, 0.25) is 0 Å². The topological polar surface area (TPSA) is 55.6 Å². The van der Waals surface area contributed by atoms with Gasteiger partial charge in [0.1, 0.15) is 5.75 Å². The predicted molar refractivity (Wildman–Crippen MR) is 75.7 cm³/mol. The van der Waals surface area contributed by atoms with Gasteiger partial charge in [0.25, 0.3) is 5.91 Å². The molecule has 0 spiro atoms. The van der Waals surface area contributed by atoms with Crippen molar-refractivity contribution in [1.29, 1.82) is 0 Å². The number of halogens is 1. The van der Waals surface area contributed by atoms with E-state index in [2.05, 4.69) is 0 Å². The Kier molecular flexibility index (Phi) is 4.66. The zero-order valence-corrected chi connectivity index (χ0v) is 11.8. The van der Waals surface area contributed by atoms with E-state index in [4.69, 9.17) is 22.1 Å². The van der Waals surface area contributed by atoms with Gasteiger partial charge >= 0.3 is 0 Å². The molecule has 4 nitrogen and oxygen atoms in total. The molecular formula is C14H19ClN2O2. The molecule has 1 amide bonds. The number of carbonyl (C=O) groups excluding carboxylic acids is 1. The van der Waals surface area contributed by atoms with E-state index in [1.807, 2.05) is 4.90 Å². The van der Waals surface area contributed by atoms with Crippen LogP contribution in [0.15, 0.2) is 18.2 Å². The lowest BCUT2D eigenvalue weighted by molar-refractivity contribution is 0.0761. The lowest BCUT2D eigenvalue weighted by Gasteiger charge is -2.20. The van der Waals surface area contributed by atoms with Gasteiger partial charge in [-0.05, 0) is 37.5 Å². The first-order valence-corrected chi connectivity index (χ1v) is 6.88. The second-order valence-electron chi connectivity index (χ2n) is 4.83. The number of nitrogens with zero attached hydrogens (tertiary/aromatic N) is 1. The van der Waals surface area contributed by atoms with E-state index in [9.17, 15) is 4.79 Å². The van der Waals surface area contributed by atoms with Gasteiger partial charge in [-0.15, -0.1) is 0 Å². The lowest BCUT2D eigenvalue weighted by Crippen LogP contribution is -2.32. The van der Waals surface area contributed by atoms with Crippen LogP contribution in [0.1, 0.15) is 29.6 Å². The van der Waals surface area contributed by atoms with Crippen molar-refractivity contribution in [2.45, 2.75) is 25.3 Å². The van der Waals surface area contributed by atoms with E-state index in [1.54, 1.807) is 25.3 Å². The third-order valence-corrected chi connectivity index (χ3v) is 3.75. The summed E-state index contributed by atoms with van der Waals surface area (Å²) >= 11 is 6.05. The highest BCUT2D eigenvalue weighted by Crippen LogP contribution is 2.25. The first kappa shape index (κ1) is 14.2. The summed E-state index contributed by atoms with van der Waals surface area (Å²) in [4.78, 5) is 14.2. The van der Waals surface area contributed by atoms with Crippen molar-refractivity contribution in [3.8, 4) is 5.75 Å². The molecule has 19 heavy (non-hydrogen) atoms. The SMILES string of the molecule is COc1ccc(C(=O)N2CCC[C@H](N)CC2)cc1Cl. The number of rotatable bonds is 2. The summed E-state index contributed by atoms with van der Waals surface area (Å²) in [6.45, 7) is 1.47. The fourth-order valence-corrected chi connectivity index (χ4v) is 2.56. The molecule has 1 aliphatic rings. The quantitative estimate of drug-likeness (QED) is 0.905. The largest absolute Gasteiger partial charge is 0.495 e. The van der Waals surface area contributed by atoms with Crippen molar-refractivity contribution in [3.05, 3.63) is 28.8 Å². The number of methoxy groups -OCH3 is 1. The van der Waals surface area contributed by atoms with Gasteiger partial charge in [-0.2, -0.15) is 0 Å². The highest BCUT2D eigenvalue weighted by Gasteiger charge is 2.20. The fraction of sp³-hybridized carbons (Fsp3) is 0.500. The van der Waals surface area contributed by atoms with Crippen molar-refractivity contribution < 1.29 is 9.53 Å². The molecule has 0 unspecified atom stereocenters. The molecule has 1 atom stereocenters. The highest BCUT2D eigenvalue weighted by atomic mass is 35.5. The summed E-state index contributed by atoms with van der Waals surface area (Å²) < 4.78 is 5.09. The number of hydrogen-bond acceptors (Lipinski definition) is 3. The van der Waals surface area contributed by atoms with E-state index in [1.165, 1.54) is 0 Å². The Labute approximate surface area is 118 Å². The van der Waals surface area contributed by atoms with Gasteiger partial charge in [-0.25, -0.2) is 0 Å². The Hall–Kier alpha value is -1.26. The van der Waals surface area contributed by atoms with Gasteiger partial charge in [-0.1, -0.05) is 11.6 Å². The summed E-state index contributed by atoms with van der Waals surface area (Å²) in [5.74, 6) is 0.592. The fourth-order valence-electron chi connectivity index (χ4n) is 2.31. The van der Waals surface area contributed by atoms with Crippen molar-refractivity contribution >= 4 is 17.5 Å². The predicted octanol–water partition coefficient (Wildman–Crippen LogP) is 2.30. The minimum Gasteiger partial charge on any atom is -0.495 e. The average Bonchev–Trinajstić information content (AvgIpc) is 2.62. The molecule has 104 valence electrons. The first-order valence-electron chi connectivity index (χ1n) is 6.50. The molecule has 2 rings (SSSR count). The molecular weight excluding hydrogens is 264 g/mol. The van der Waals surface area contributed by atoms with Crippen LogP contribution in [-0.4, -0.2) is 37.0 Å². The molecule has 1 heterocycles. The number of carbonyl (C=O) groups is 1. The van der Waals surface area contributed by atoms with Crippen LogP contribution in [0.4, 0.5) is 0 Å². The van der Waals surface area contributed by atoms with Crippen LogP contribution in [0.2, 0.25) is 5.02 Å². The van der Waals surface area contributed by atoms with E-state index < -0.39 is 0 Å². The van der Waals surface area contributed by atoms with Crippen LogP contribution in [0.3, 0.4) is 0 Å². The average molecular weight is 283 g/mol. The second kappa shape index (κ2) is 6.26. The van der Waals surface area contributed by atoms with Crippen LogP contribution >= 0.6 is 11.6 Å². The van der Waals surface area contributed by atoms with Crippen LogP contribution in [0, 0.1) is 0 Å². The van der Waals surface area contributed by atoms with Crippen molar-refractivity contribution in [3.63, 3.8) is 0 Å². The zero-order valence-electron chi connectivity index (χ0n) is 11.1. The molecule has 5 heteroatoms. The van der Waals surface area contributed by atoms with E-state index in [-0.39, 0.29) is 11.9 Å². The molecule has 2 N–H and O–H groups in total. The molecule has 1 fully saturated rings. The maximum absolute atomic E-state index is 12.4. The van der Waals surface area contributed by atoms with Gasteiger partial charge in [0.05, 0.1) is 12.1 Å². The lowest BCUT2D eigenvalue weighted by atomic mass is 10.1. The van der Waals surface area contributed by atoms with Crippen LogP contribution < -0.4 is 10.5 Å². The maximum atomic E-state index is 12.4. The number of hydrogen-bond donors (Lipinski definition) is 1. The van der Waals surface area contributed by atoms with Gasteiger partial charge in [0, 0.05) is 24.7 Å². The molecule has 1 aliphatic heterocycles. The van der Waals surface area contributed by atoms with Crippen LogP contribution in [0.25, 0.3) is 0 Å². The maximum Gasteiger partial charge on any atom is 0.253 e. The molecule has 0 aliphatic carbocycles. The minimum absolute atomic E-state index is 0.0126. The van der Waals surface area contributed by atoms with Crippen molar-refractivity contribution in [2.24, 2.45) is 5.73 Å². The van der Waals surface area contributed by atoms with Crippen molar-refractivity contribution in [1.82, 2.24) is 4.90 Å². The Bertz CT molecular complexity index is 465. The van der Waals surface area contributed by atoms with Crippen molar-refractivity contribution in [2.75, 3.05) is 20.2 Å². The Morgan fingerprint density at radius 2 is 2.21 bits per heavy atom. The van der Waals surface area contributed by atoms with Gasteiger partial charge in [0.15, 0.2) is 0 Å². The monoisotopic (exact) mass is 282 g/mol. The van der Waals surface area contributed by atoms with Crippen LogP contribution in [0.5, 0.6) is 5.75 Å². The summed E-state index contributed by atoms with van der Waals surface area (Å²) in [5, 5.41) is 0.458. The molecule has 1 saturated heterocycles. The van der Waals surface area contributed by atoms with E-state index in [0.717, 1.165) is 25.8 Å². The third kappa shape index (κ3) is 3.39. The number of likely N-dealkylation sites (tertiary alicyclic amines) is 1. The first-order chi connectivity index (χ1) is 9.11. The Balaban J connectivity index is 2.12. The second-order valence-corrected chi connectivity index (χ2v) is 5.24. The Morgan fingerprint density at radius 3 is 2.89 bits per heavy atom. The molecule has 0 radical (unpaired) electrons. The van der Waals surface area contributed by atoms with Gasteiger partial charge < -0.3 is 15.4 Å². The summed E-state index contributed by atoms with van der Waals surface area (Å²) in [6, 6.07) is 5.34. The summed E-state index contributed by atoms with van der Waals surface area (Å²) in [5.41, 5.74) is 6.52. The van der Waals surface area contributed by atoms with E-state index >= 15 is 0 Å². The smallest absolute Gasteiger partial charge is 0.253 e. The molecule has 1 aromatic carbocycles. The number of benzene rings is 1. The van der Waals surface area contributed by atoms with Crippen LogP contribution in [-0.2, 0) is 0 Å². The zero-order chi connectivity index (χ0) is 13.8. The molecule has 0 bridgehead atoms. The third-order valence-electron chi connectivity index (χ3n) is 3.46. The van der Waals surface area contributed by atoms with Gasteiger partial charge in [-0.3, -0.25) is 4.79 Å². The molecule has 1 aromatic rings. The summed E-state index contributed by atoms with van der Waals surface area (Å²) in [6.07, 6.45) is 2.79. The standard InChI is InChI=1S/C14H19ClN2O2/c1-19-13-5-4-10(9-12(13)15)14(18)17-7-2-3-11(16)6-8-17/h4-5,9,11H,2-3,6-8,16H2,1H3/t11-/m0/s1. The normalized spacial score (nSPS) is 19.9. The van der Waals surface area contributed by atoms with E-state index in [0.29, 0.717) is 22.9 Å². The number of amides is 1. The molecule has 0 saturated carbocycles. The number of ether oxygens (including phenoxy) is 1. The minimum atomic E-state index is 0.0126.